The van der Waals surface area contributed by atoms with Crippen molar-refractivity contribution in [2.24, 2.45) is 0 Å². The number of ether oxygens (including phenoxy) is 2. The van der Waals surface area contributed by atoms with Gasteiger partial charge in [0.15, 0.2) is 11.5 Å². The van der Waals surface area contributed by atoms with Crippen molar-refractivity contribution in [2.75, 3.05) is 14.2 Å². The van der Waals surface area contributed by atoms with E-state index in [1.807, 2.05) is 0 Å². The van der Waals surface area contributed by atoms with Crippen molar-refractivity contribution in [3.63, 3.8) is 0 Å². The second-order valence-electron chi connectivity index (χ2n) is 2.91. The lowest BCUT2D eigenvalue weighted by molar-refractivity contribution is -0.139. The standard InChI is InChI=1S/C10H12O5/c1-14-8-5-7(11)3-6(10(8)13)4-9(12)15-2/h3,5,11,13H,4H2,1-2H3. The van der Waals surface area contributed by atoms with Gasteiger partial charge in [0.2, 0.25) is 0 Å². The van der Waals surface area contributed by atoms with Gasteiger partial charge >= 0.3 is 5.97 Å². The van der Waals surface area contributed by atoms with Gasteiger partial charge in [0, 0.05) is 11.6 Å². The van der Waals surface area contributed by atoms with Crippen LogP contribution in [0.2, 0.25) is 0 Å². The Balaban J connectivity index is 3.06. The Kier molecular flexibility index (Phi) is 3.38. The van der Waals surface area contributed by atoms with Gasteiger partial charge in [-0.3, -0.25) is 4.79 Å². The van der Waals surface area contributed by atoms with Gasteiger partial charge in [-0.1, -0.05) is 0 Å². The maximum atomic E-state index is 11.0. The summed E-state index contributed by atoms with van der Waals surface area (Å²) in [5.74, 6) is -0.629. The molecule has 5 heteroatoms. The number of phenols is 2. The van der Waals surface area contributed by atoms with E-state index in [1.165, 1.54) is 26.4 Å². The Bertz CT molecular complexity index is 372. The molecule has 0 saturated heterocycles. The van der Waals surface area contributed by atoms with Crippen molar-refractivity contribution in [1.82, 2.24) is 0 Å². The molecule has 1 aromatic carbocycles. The van der Waals surface area contributed by atoms with Crippen molar-refractivity contribution in [2.45, 2.75) is 6.42 Å². The molecule has 0 fully saturated rings. The van der Waals surface area contributed by atoms with Gasteiger partial charge in [-0.25, -0.2) is 0 Å². The summed E-state index contributed by atoms with van der Waals surface area (Å²) >= 11 is 0. The Labute approximate surface area is 86.9 Å². The maximum Gasteiger partial charge on any atom is 0.310 e. The Morgan fingerprint density at radius 1 is 1.33 bits per heavy atom. The molecule has 0 heterocycles. The number of rotatable bonds is 3. The highest BCUT2D eigenvalue weighted by atomic mass is 16.5. The predicted molar refractivity (Wildman–Crippen MR) is 52.0 cm³/mol. The molecule has 15 heavy (non-hydrogen) atoms. The van der Waals surface area contributed by atoms with Gasteiger partial charge in [0.25, 0.3) is 0 Å². The molecule has 0 amide bonds. The fourth-order valence-corrected chi connectivity index (χ4v) is 1.17. The van der Waals surface area contributed by atoms with E-state index in [1.54, 1.807) is 0 Å². The molecular weight excluding hydrogens is 200 g/mol. The Morgan fingerprint density at radius 3 is 2.53 bits per heavy atom. The number of esters is 1. The number of methoxy groups -OCH3 is 2. The summed E-state index contributed by atoms with van der Waals surface area (Å²) < 4.78 is 9.27. The second-order valence-corrected chi connectivity index (χ2v) is 2.91. The molecule has 0 unspecified atom stereocenters. The molecule has 1 aromatic rings. The molecule has 0 saturated carbocycles. The fraction of sp³-hybridized carbons (Fsp3) is 0.300. The lowest BCUT2D eigenvalue weighted by Gasteiger charge is -2.08. The van der Waals surface area contributed by atoms with Crippen LogP contribution in [0.3, 0.4) is 0 Å². The lowest BCUT2D eigenvalue weighted by Crippen LogP contribution is -2.04. The largest absolute Gasteiger partial charge is 0.508 e. The van der Waals surface area contributed by atoms with E-state index in [0.29, 0.717) is 0 Å². The molecule has 0 spiro atoms. The first-order valence-electron chi connectivity index (χ1n) is 4.24. The second kappa shape index (κ2) is 4.54. The van der Waals surface area contributed by atoms with E-state index in [4.69, 9.17) is 4.74 Å². The topological polar surface area (TPSA) is 76.0 Å². The van der Waals surface area contributed by atoms with Gasteiger partial charge < -0.3 is 19.7 Å². The molecule has 0 aliphatic rings. The van der Waals surface area contributed by atoms with E-state index in [-0.39, 0.29) is 29.2 Å². The molecule has 0 aromatic heterocycles. The summed E-state index contributed by atoms with van der Waals surface area (Å²) in [5, 5.41) is 18.9. The number of aromatic hydroxyl groups is 2. The van der Waals surface area contributed by atoms with Crippen LogP contribution < -0.4 is 4.74 Å². The molecule has 0 aliphatic heterocycles. The van der Waals surface area contributed by atoms with Crippen molar-refractivity contribution >= 4 is 5.97 Å². The normalized spacial score (nSPS) is 9.73. The predicted octanol–water partition coefficient (Wildman–Crippen LogP) is 0.822. The zero-order chi connectivity index (χ0) is 11.4. The van der Waals surface area contributed by atoms with Crippen LogP contribution >= 0.6 is 0 Å². The summed E-state index contributed by atoms with van der Waals surface area (Å²) in [7, 11) is 2.61. The average Bonchev–Trinajstić information content (AvgIpc) is 2.22. The fourth-order valence-electron chi connectivity index (χ4n) is 1.17. The molecule has 1 rings (SSSR count). The highest BCUT2D eigenvalue weighted by Gasteiger charge is 2.13. The number of carbonyl (C=O) groups is 1. The molecule has 0 radical (unpaired) electrons. The van der Waals surface area contributed by atoms with Crippen LogP contribution in [-0.4, -0.2) is 30.4 Å². The van der Waals surface area contributed by atoms with Crippen molar-refractivity contribution in [3.05, 3.63) is 17.7 Å². The zero-order valence-corrected chi connectivity index (χ0v) is 8.48. The first kappa shape index (κ1) is 11.2. The maximum absolute atomic E-state index is 11.0. The van der Waals surface area contributed by atoms with Gasteiger partial charge in [0.1, 0.15) is 5.75 Å². The molecule has 0 bridgehead atoms. The third kappa shape index (κ3) is 2.52. The number of benzene rings is 1. The monoisotopic (exact) mass is 212 g/mol. The van der Waals surface area contributed by atoms with Crippen LogP contribution in [0, 0.1) is 0 Å². The number of hydrogen-bond donors (Lipinski definition) is 2. The third-order valence-corrected chi connectivity index (χ3v) is 1.92. The first-order valence-corrected chi connectivity index (χ1v) is 4.24. The lowest BCUT2D eigenvalue weighted by atomic mass is 10.1. The summed E-state index contributed by atoms with van der Waals surface area (Å²) in [6, 6.07) is 2.55. The number of carbonyl (C=O) groups excluding carboxylic acids is 1. The summed E-state index contributed by atoms with van der Waals surface area (Å²) in [6.45, 7) is 0. The smallest absolute Gasteiger partial charge is 0.310 e. The molecule has 0 aliphatic carbocycles. The molecular formula is C10H12O5. The molecule has 0 atom stereocenters. The van der Waals surface area contributed by atoms with Crippen LogP contribution in [0.15, 0.2) is 12.1 Å². The van der Waals surface area contributed by atoms with E-state index >= 15 is 0 Å². The number of hydrogen-bond acceptors (Lipinski definition) is 5. The minimum atomic E-state index is -0.502. The van der Waals surface area contributed by atoms with Gasteiger partial charge in [-0.2, -0.15) is 0 Å². The molecule has 2 N–H and O–H groups in total. The Hall–Kier alpha value is -1.91. The van der Waals surface area contributed by atoms with Crippen LogP contribution in [0.1, 0.15) is 5.56 Å². The van der Waals surface area contributed by atoms with Crippen molar-refractivity contribution < 1.29 is 24.5 Å². The zero-order valence-electron chi connectivity index (χ0n) is 8.48. The SMILES string of the molecule is COC(=O)Cc1cc(O)cc(OC)c1O. The van der Waals surface area contributed by atoms with Crippen LogP contribution in [0.4, 0.5) is 0 Å². The minimum absolute atomic E-state index is 0.0800. The van der Waals surface area contributed by atoms with Crippen molar-refractivity contribution in [3.8, 4) is 17.2 Å². The van der Waals surface area contributed by atoms with Crippen LogP contribution in [0.25, 0.3) is 0 Å². The number of phenolic OH excluding ortho intramolecular Hbond substituents is 2. The third-order valence-electron chi connectivity index (χ3n) is 1.92. The Morgan fingerprint density at radius 2 is 2.00 bits per heavy atom. The average molecular weight is 212 g/mol. The first-order chi connectivity index (χ1) is 7.08. The molecule has 82 valence electrons. The van der Waals surface area contributed by atoms with E-state index < -0.39 is 5.97 Å². The summed E-state index contributed by atoms with van der Waals surface area (Å²) in [5.41, 5.74) is 0.263. The molecule has 5 nitrogen and oxygen atoms in total. The van der Waals surface area contributed by atoms with Crippen LogP contribution in [0.5, 0.6) is 17.2 Å². The quantitative estimate of drug-likeness (QED) is 0.573. The van der Waals surface area contributed by atoms with E-state index in [0.717, 1.165) is 0 Å². The van der Waals surface area contributed by atoms with Gasteiger partial charge in [-0.15, -0.1) is 0 Å². The van der Waals surface area contributed by atoms with Crippen molar-refractivity contribution in [1.29, 1.82) is 0 Å². The highest BCUT2D eigenvalue weighted by Crippen LogP contribution is 2.34. The minimum Gasteiger partial charge on any atom is -0.508 e. The van der Waals surface area contributed by atoms with E-state index in [2.05, 4.69) is 4.74 Å². The summed E-state index contributed by atoms with van der Waals surface area (Å²) in [4.78, 5) is 11.0. The van der Waals surface area contributed by atoms with Crippen LogP contribution in [-0.2, 0) is 16.0 Å². The van der Waals surface area contributed by atoms with E-state index in [9.17, 15) is 15.0 Å². The van der Waals surface area contributed by atoms with Gasteiger partial charge in [0.05, 0.1) is 20.6 Å². The van der Waals surface area contributed by atoms with Gasteiger partial charge in [-0.05, 0) is 6.07 Å². The summed E-state index contributed by atoms with van der Waals surface area (Å²) in [6.07, 6.45) is -0.118. The highest BCUT2D eigenvalue weighted by molar-refractivity contribution is 5.74.